The number of amides is 1. The van der Waals surface area contributed by atoms with Crippen molar-refractivity contribution in [3.63, 3.8) is 0 Å². The number of nitrogens with one attached hydrogen (secondary N) is 2. The number of fused-ring (bicyclic) bond motifs is 1. The first-order valence-electron chi connectivity index (χ1n) is 8.61. The second-order valence-electron chi connectivity index (χ2n) is 7.45. The first kappa shape index (κ1) is 17.1. The summed E-state index contributed by atoms with van der Waals surface area (Å²) in [6.45, 7) is 12.0. The maximum Gasteiger partial charge on any atom is 0.257 e. The van der Waals surface area contributed by atoms with Crippen molar-refractivity contribution in [2.24, 2.45) is 0 Å². The second-order valence-corrected chi connectivity index (χ2v) is 8.53. The molecule has 0 saturated carbocycles. The van der Waals surface area contributed by atoms with Gasteiger partial charge < -0.3 is 4.90 Å². The van der Waals surface area contributed by atoms with Crippen LogP contribution in [0.5, 0.6) is 0 Å². The van der Waals surface area contributed by atoms with Crippen LogP contribution in [0.2, 0.25) is 0 Å². The molecule has 0 radical (unpaired) electrons. The summed E-state index contributed by atoms with van der Waals surface area (Å²) in [6.07, 6.45) is 1.01. The van der Waals surface area contributed by atoms with E-state index in [1.165, 1.54) is 10.4 Å². The summed E-state index contributed by atoms with van der Waals surface area (Å²) in [6, 6.07) is 7.85. The molecule has 2 aromatic rings. The van der Waals surface area contributed by atoms with Gasteiger partial charge in [-0.1, -0.05) is 44.2 Å². The Hall–Kier alpha value is -1.72. The molecular formula is C19H26N3OS+. The van der Waals surface area contributed by atoms with Gasteiger partial charge in [0.05, 0.1) is 23.7 Å². The van der Waals surface area contributed by atoms with Crippen molar-refractivity contribution >= 4 is 22.4 Å². The zero-order valence-corrected chi connectivity index (χ0v) is 15.7. The summed E-state index contributed by atoms with van der Waals surface area (Å²) in [5.74, 6) is -0.0822. The van der Waals surface area contributed by atoms with Crippen molar-refractivity contribution in [2.45, 2.75) is 46.1 Å². The molecule has 24 heavy (non-hydrogen) atoms. The number of aromatic nitrogens is 1. The summed E-state index contributed by atoms with van der Waals surface area (Å²) in [5, 5.41) is 3.69. The van der Waals surface area contributed by atoms with E-state index in [-0.39, 0.29) is 11.3 Å². The Kier molecular flexibility index (Phi) is 4.74. The molecule has 0 spiro atoms. The molecule has 3 rings (SSSR count). The van der Waals surface area contributed by atoms with Crippen LogP contribution in [-0.4, -0.2) is 24.0 Å². The van der Waals surface area contributed by atoms with Crippen LogP contribution in [0.25, 0.3) is 0 Å². The molecule has 128 valence electrons. The summed E-state index contributed by atoms with van der Waals surface area (Å²) in [4.78, 5) is 20.0. The first-order valence-corrected chi connectivity index (χ1v) is 9.42. The van der Waals surface area contributed by atoms with Gasteiger partial charge in [-0.3, -0.25) is 10.1 Å². The van der Waals surface area contributed by atoms with E-state index in [2.05, 4.69) is 38.0 Å². The van der Waals surface area contributed by atoms with Gasteiger partial charge in [0.1, 0.15) is 6.54 Å². The number of carbonyl (C=O) groups excluding carboxylic acids is 1. The monoisotopic (exact) mass is 344 g/mol. The normalized spacial score (nSPS) is 17.4. The largest absolute Gasteiger partial charge is 0.330 e. The molecule has 1 aromatic carbocycles. The van der Waals surface area contributed by atoms with E-state index in [1.807, 2.05) is 24.3 Å². The average Bonchev–Trinajstić information content (AvgIpc) is 2.95. The van der Waals surface area contributed by atoms with Crippen LogP contribution in [0.4, 0.5) is 5.13 Å². The lowest BCUT2D eigenvalue weighted by Gasteiger charge is -2.20. The highest BCUT2D eigenvalue weighted by molar-refractivity contribution is 7.15. The lowest BCUT2D eigenvalue weighted by Crippen LogP contribution is -3.11. The minimum absolute atomic E-state index is 0.0822. The molecule has 0 saturated heterocycles. The Labute approximate surface area is 147 Å². The topological polar surface area (TPSA) is 46.4 Å². The van der Waals surface area contributed by atoms with E-state index in [4.69, 9.17) is 0 Å². The standard InChI is InChI=1S/C19H25N3OS/c1-5-22-11-10-15-16(12-22)24-18(20-15)21-17(23)13-6-8-14(9-7-13)19(2,3)4/h6-9H,5,10-12H2,1-4H3,(H,20,21,23)/p+1. The summed E-state index contributed by atoms with van der Waals surface area (Å²) in [5.41, 5.74) is 3.16. The van der Waals surface area contributed by atoms with Crippen LogP contribution in [-0.2, 0) is 18.4 Å². The van der Waals surface area contributed by atoms with E-state index in [0.717, 1.165) is 36.9 Å². The molecule has 1 unspecified atom stereocenters. The fraction of sp³-hybridized carbons (Fsp3) is 0.474. The van der Waals surface area contributed by atoms with E-state index >= 15 is 0 Å². The molecule has 1 amide bonds. The molecule has 2 N–H and O–H groups in total. The van der Waals surface area contributed by atoms with Gasteiger partial charge in [-0.15, -0.1) is 0 Å². The zero-order chi connectivity index (χ0) is 17.3. The number of nitrogens with zero attached hydrogens (tertiary/aromatic N) is 1. The van der Waals surface area contributed by atoms with Gasteiger partial charge in [0, 0.05) is 12.0 Å². The SMILES string of the molecule is CC[NH+]1CCc2nc(NC(=O)c3ccc(C(C)(C)C)cc3)sc2C1. The van der Waals surface area contributed by atoms with Crippen molar-refractivity contribution in [3.8, 4) is 0 Å². The quantitative estimate of drug-likeness (QED) is 0.899. The number of thiazole rings is 1. The number of anilines is 1. The van der Waals surface area contributed by atoms with Crippen LogP contribution in [0.15, 0.2) is 24.3 Å². The smallest absolute Gasteiger partial charge is 0.257 e. The Bertz CT molecular complexity index is 728. The van der Waals surface area contributed by atoms with Crippen molar-refractivity contribution in [2.75, 3.05) is 18.4 Å². The third-order valence-corrected chi connectivity index (χ3v) is 5.65. The molecule has 0 bridgehead atoms. The number of likely N-dealkylation sites (N-methyl/N-ethyl adjacent to an activating group) is 1. The molecule has 0 fully saturated rings. The Balaban J connectivity index is 1.70. The van der Waals surface area contributed by atoms with E-state index in [0.29, 0.717) is 5.56 Å². The Morgan fingerprint density at radius 1 is 1.29 bits per heavy atom. The van der Waals surface area contributed by atoms with Crippen LogP contribution >= 0.6 is 11.3 Å². The van der Waals surface area contributed by atoms with Gasteiger partial charge >= 0.3 is 0 Å². The predicted octanol–water partition coefficient (Wildman–Crippen LogP) is 2.65. The predicted molar refractivity (Wildman–Crippen MR) is 99.0 cm³/mol. The van der Waals surface area contributed by atoms with E-state index < -0.39 is 0 Å². The number of hydrogen-bond donors (Lipinski definition) is 2. The third-order valence-electron chi connectivity index (χ3n) is 4.64. The average molecular weight is 345 g/mol. The van der Waals surface area contributed by atoms with Gasteiger partial charge in [-0.2, -0.15) is 0 Å². The van der Waals surface area contributed by atoms with Crippen molar-refractivity contribution in [3.05, 3.63) is 46.0 Å². The third kappa shape index (κ3) is 3.68. The summed E-state index contributed by atoms with van der Waals surface area (Å²) < 4.78 is 0. The molecule has 5 heteroatoms. The van der Waals surface area contributed by atoms with Gasteiger partial charge in [-0.05, 0) is 30.0 Å². The Morgan fingerprint density at radius 3 is 2.62 bits per heavy atom. The number of rotatable bonds is 3. The number of benzene rings is 1. The van der Waals surface area contributed by atoms with Gasteiger partial charge in [0.15, 0.2) is 5.13 Å². The molecule has 2 heterocycles. The minimum atomic E-state index is -0.0822. The summed E-state index contributed by atoms with van der Waals surface area (Å²) >= 11 is 1.62. The van der Waals surface area contributed by atoms with Crippen molar-refractivity contribution in [1.82, 2.24) is 4.98 Å². The zero-order valence-electron chi connectivity index (χ0n) is 14.9. The fourth-order valence-electron chi connectivity index (χ4n) is 2.97. The van der Waals surface area contributed by atoms with Gasteiger partial charge in [-0.25, -0.2) is 4.98 Å². The van der Waals surface area contributed by atoms with Gasteiger partial charge in [0.25, 0.3) is 5.91 Å². The van der Waals surface area contributed by atoms with Crippen LogP contribution in [0, 0.1) is 0 Å². The van der Waals surface area contributed by atoms with Crippen LogP contribution in [0.1, 0.15) is 54.2 Å². The van der Waals surface area contributed by atoms with E-state index in [1.54, 1.807) is 16.2 Å². The number of hydrogen-bond acceptors (Lipinski definition) is 3. The minimum Gasteiger partial charge on any atom is -0.330 e. The maximum atomic E-state index is 12.5. The van der Waals surface area contributed by atoms with Gasteiger partial charge in [0.2, 0.25) is 0 Å². The molecule has 0 aliphatic carbocycles. The molecular weight excluding hydrogens is 318 g/mol. The highest BCUT2D eigenvalue weighted by atomic mass is 32.1. The van der Waals surface area contributed by atoms with Crippen LogP contribution < -0.4 is 10.2 Å². The highest BCUT2D eigenvalue weighted by Gasteiger charge is 2.23. The van der Waals surface area contributed by atoms with E-state index in [9.17, 15) is 4.79 Å². The van der Waals surface area contributed by atoms with Crippen LogP contribution in [0.3, 0.4) is 0 Å². The molecule has 1 aliphatic heterocycles. The first-order chi connectivity index (χ1) is 11.4. The molecule has 4 nitrogen and oxygen atoms in total. The Morgan fingerprint density at radius 2 is 2.00 bits per heavy atom. The molecule has 1 aliphatic rings. The van der Waals surface area contributed by atoms with Crippen molar-refractivity contribution in [1.29, 1.82) is 0 Å². The lowest BCUT2D eigenvalue weighted by atomic mass is 9.87. The summed E-state index contributed by atoms with van der Waals surface area (Å²) in [7, 11) is 0. The second kappa shape index (κ2) is 6.65. The fourth-order valence-corrected chi connectivity index (χ4v) is 4.05. The molecule has 1 aromatic heterocycles. The number of quaternary nitrogens is 1. The van der Waals surface area contributed by atoms with Crippen molar-refractivity contribution < 1.29 is 9.69 Å². The number of carbonyl (C=O) groups is 1. The molecule has 1 atom stereocenters. The maximum absolute atomic E-state index is 12.5. The highest BCUT2D eigenvalue weighted by Crippen LogP contribution is 2.25. The lowest BCUT2D eigenvalue weighted by molar-refractivity contribution is -0.913.